The normalized spacial score (nSPS) is 20.3. The van der Waals surface area contributed by atoms with Gasteiger partial charge in [0.25, 0.3) is 17.5 Å². The molecular weight excluding hydrogens is 664 g/mol. The minimum Gasteiger partial charge on any atom is -0.396 e. The van der Waals surface area contributed by atoms with Crippen molar-refractivity contribution in [1.29, 1.82) is 0 Å². The molecule has 0 radical (unpaired) electrons. The Morgan fingerprint density at radius 2 is 1.77 bits per heavy atom. The van der Waals surface area contributed by atoms with Crippen molar-refractivity contribution in [2.75, 3.05) is 41.1 Å². The molecule has 1 spiro atoms. The van der Waals surface area contributed by atoms with E-state index in [0.717, 1.165) is 30.0 Å². The fourth-order valence-electron chi connectivity index (χ4n) is 7.66. The Labute approximate surface area is 301 Å². The smallest absolute Gasteiger partial charge is 0.269 e. The van der Waals surface area contributed by atoms with Crippen LogP contribution in [0.2, 0.25) is 0 Å². The maximum Gasteiger partial charge on any atom is 0.269 e. The van der Waals surface area contributed by atoms with E-state index < -0.39 is 27.9 Å². The highest BCUT2D eigenvalue weighted by molar-refractivity contribution is 6.08. The number of benzene rings is 3. The zero-order valence-corrected chi connectivity index (χ0v) is 29.0. The molecule has 0 bridgehead atoms. The van der Waals surface area contributed by atoms with Crippen LogP contribution < -0.4 is 20.0 Å². The first-order valence-corrected chi connectivity index (χ1v) is 17.6. The Morgan fingerprint density at radius 1 is 1.02 bits per heavy atom. The highest BCUT2D eigenvalue weighted by Crippen LogP contribution is 2.47. The lowest BCUT2D eigenvalue weighted by molar-refractivity contribution is -0.385. The quantitative estimate of drug-likeness (QED) is 0.112. The number of nitro groups is 1. The SMILES string of the molecule is C[C@H](/C=C/CCn1cc(CCO)nn1)[C@@]1(O)C(=O)N(Cc2ccc(N3CN(c4ccccc4)C4(CCNCC4)C3=O)cc2)c2ccc([N+](=O)[O-])cc21. The molecule has 7 rings (SSSR count). The number of nitrogens with one attached hydrogen (secondary N) is 1. The van der Waals surface area contributed by atoms with Gasteiger partial charge in [-0.2, -0.15) is 0 Å². The number of carbonyl (C=O) groups excluding carboxylic acids is 2. The van der Waals surface area contributed by atoms with Gasteiger partial charge in [0.2, 0.25) is 0 Å². The summed E-state index contributed by atoms with van der Waals surface area (Å²) >= 11 is 0. The maximum atomic E-state index is 14.2. The lowest BCUT2D eigenvalue weighted by atomic mass is 9.82. The first-order chi connectivity index (χ1) is 25.2. The topological polar surface area (TPSA) is 170 Å². The van der Waals surface area contributed by atoms with Gasteiger partial charge < -0.3 is 25.3 Å². The van der Waals surface area contributed by atoms with Gasteiger partial charge in [0.15, 0.2) is 5.60 Å². The second kappa shape index (κ2) is 14.3. The highest BCUT2D eigenvalue weighted by Gasteiger charge is 2.54. The molecule has 0 aliphatic carbocycles. The van der Waals surface area contributed by atoms with Crippen molar-refractivity contribution in [1.82, 2.24) is 20.3 Å². The summed E-state index contributed by atoms with van der Waals surface area (Å²) < 4.78 is 1.66. The molecule has 0 saturated carbocycles. The van der Waals surface area contributed by atoms with Crippen molar-refractivity contribution in [2.24, 2.45) is 5.92 Å². The van der Waals surface area contributed by atoms with E-state index in [-0.39, 0.29) is 30.3 Å². The molecule has 3 aliphatic heterocycles. The molecule has 14 heteroatoms. The summed E-state index contributed by atoms with van der Waals surface area (Å²) in [5, 5.41) is 44.4. The van der Waals surface area contributed by atoms with Gasteiger partial charge in [0.05, 0.1) is 29.5 Å². The van der Waals surface area contributed by atoms with Crippen molar-refractivity contribution < 1.29 is 24.7 Å². The van der Waals surface area contributed by atoms with Crippen molar-refractivity contribution in [2.45, 2.75) is 56.8 Å². The van der Waals surface area contributed by atoms with Crippen LogP contribution in [0.4, 0.5) is 22.7 Å². The molecule has 2 saturated heterocycles. The number of anilines is 3. The number of aliphatic hydroxyl groups is 2. The summed E-state index contributed by atoms with van der Waals surface area (Å²) in [6.45, 7) is 4.25. The third-order valence-corrected chi connectivity index (χ3v) is 10.6. The number of fused-ring (bicyclic) bond motifs is 1. The standard InChI is InChI=1S/C38H42N8O6/c1-27(7-5-6-21-42-25-29(16-22-47)40-41-42)38(50)33-23-32(46(51)52)14-15-34(33)43(36(38)49)24-28-10-12-30(13-11-28)44-26-45(31-8-3-2-4-9-31)37(35(44)48)17-19-39-20-18-37/h2-5,7-15,23,25,27,39,47,50H,6,16-22,24,26H2,1H3/b7-5+/t27-,38+/m1/s1. The predicted octanol–water partition coefficient (Wildman–Crippen LogP) is 3.67. The Bertz CT molecular complexity index is 1980. The number of carbonyl (C=O) groups is 2. The van der Waals surface area contributed by atoms with E-state index in [2.05, 4.69) is 20.5 Å². The zero-order valence-electron chi connectivity index (χ0n) is 29.0. The van der Waals surface area contributed by atoms with Crippen molar-refractivity contribution >= 4 is 34.6 Å². The summed E-state index contributed by atoms with van der Waals surface area (Å²) in [5.74, 6) is -1.23. The zero-order chi connectivity index (χ0) is 36.5. The summed E-state index contributed by atoms with van der Waals surface area (Å²) in [5.41, 5.74) is 0.907. The number of nitrogens with zero attached hydrogens (tertiary/aromatic N) is 7. The predicted molar refractivity (Wildman–Crippen MR) is 194 cm³/mol. The van der Waals surface area contributed by atoms with Crippen LogP contribution >= 0.6 is 0 Å². The molecule has 270 valence electrons. The van der Waals surface area contributed by atoms with Gasteiger partial charge in [-0.25, -0.2) is 0 Å². The molecule has 2 fully saturated rings. The molecule has 3 N–H and O–H groups in total. The van der Waals surface area contributed by atoms with E-state index in [1.165, 1.54) is 23.1 Å². The van der Waals surface area contributed by atoms with Crippen molar-refractivity contribution in [3.05, 3.63) is 118 Å². The van der Waals surface area contributed by atoms with E-state index in [9.17, 15) is 24.8 Å². The van der Waals surface area contributed by atoms with Crippen LogP contribution in [0.5, 0.6) is 0 Å². The largest absolute Gasteiger partial charge is 0.396 e. The minimum absolute atomic E-state index is 0.0167. The molecule has 2 amide bonds. The average molecular weight is 707 g/mol. The van der Waals surface area contributed by atoms with Gasteiger partial charge in [-0.3, -0.25) is 29.3 Å². The molecule has 4 aromatic rings. The van der Waals surface area contributed by atoms with Crippen LogP contribution in [0.25, 0.3) is 0 Å². The molecule has 2 atom stereocenters. The summed E-state index contributed by atoms with van der Waals surface area (Å²) in [6, 6.07) is 21.7. The summed E-state index contributed by atoms with van der Waals surface area (Å²) in [4.78, 5) is 45.0. The number of aryl methyl sites for hydroxylation is 1. The molecule has 4 heterocycles. The van der Waals surface area contributed by atoms with Gasteiger partial charge >= 0.3 is 0 Å². The second-order valence-electron chi connectivity index (χ2n) is 13.7. The number of nitro benzene ring substituents is 1. The number of aliphatic hydroxyl groups excluding tert-OH is 1. The number of non-ortho nitro benzene ring substituents is 1. The third kappa shape index (κ3) is 6.22. The van der Waals surface area contributed by atoms with Gasteiger partial charge in [0.1, 0.15) is 5.54 Å². The molecule has 3 aromatic carbocycles. The van der Waals surface area contributed by atoms with E-state index in [1.807, 2.05) is 65.6 Å². The molecule has 14 nitrogen and oxygen atoms in total. The van der Waals surface area contributed by atoms with E-state index in [4.69, 9.17) is 5.11 Å². The van der Waals surface area contributed by atoms with Crippen molar-refractivity contribution in [3.8, 4) is 0 Å². The van der Waals surface area contributed by atoms with Gasteiger partial charge in [-0.15, -0.1) is 5.10 Å². The monoisotopic (exact) mass is 706 g/mol. The number of aromatic nitrogens is 3. The lowest BCUT2D eigenvalue weighted by Crippen LogP contribution is -2.55. The average Bonchev–Trinajstić information content (AvgIpc) is 3.79. The first-order valence-electron chi connectivity index (χ1n) is 17.6. The molecule has 52 heavy (non-hydrogen) atoms. The van der Waals surface area contributed by atoms with E-state index in [1.54, 1.807) is 23.9 Å². The van der Waals surface area contributed by atoms with Crippen LogP contribution in [-0.2, 0) is 34.7 Å². The Kier molecular flexibility index (Phi) is 9.62. The Morgan fingerprint density at radius 3 is 2.48 bits per heavy atom. The molecule has 3 aliphatic rings. The summed E-state index contributed by atoms with van der Waals surface area (Å²) in [6.07, 6.45) is 7.70. The molecular formula is C38H42N8O6. The summed E-state index contributed by atoms with van der Waals surface area (Å²) in [7, 11) is 0. The van der Waals surface area contributed by atoms with Gasteiger partial charge in [0, 0.05) is 60.8 Å². The fraction of sp³-hybridized carbons (Fsp3) is 0.368. The number of rotatable bonds is 12. The molecule has 1 aromatic heterocycles. The number of amides is 2. The van der Waals surface area contributed by atoms with Gasteiger partial charge in [-0.05, 0) is 68.2 Å². The number of hydrogen-bond acceptors (Lipinski definition) is 10. The van der Waals surface area contributed by atoms with E-state index in [0.29, 0.717) is 50.3 Å². The number of para-hydroxylation sites is 1. The number of allylic oxidation sites excluding steroid dienone is 1. The fourth-order valence-corrected chi connectivity index (χ4v) is 7.66. The number of piperidine rings is 1. The van der Waals surface area contributed by atoms with Crippen LogP contribution in [0.15, 0.2) is 91.1 Å². The van der Waals surface area contributed by atoms with Crippen LogP contribution in [0, 0.1) is 16.0 Å². The van der Waals surface area contributed by atoms with Crippen LogP contribution in [0.3, 0.4) is 0 Å². The lowest BCUT2D eigenvalue weighted by Gasteiger charge is -2.39. The molecule has 0 unspecified atom stereocenters. The maximum absolute atomic E-state index is 14.2. The first kappa shape index (κ1) is 35.0. The Balaban J connectivity index is 1.10. The van der Waals surface area contributed by atoms with Gasteiger partial charge in [-0.1, -0.05) is 54.6 Å². The van der Waals surface area contributed by atoms with E-state index >= 15 is 0 Å². The minimum atomic E-state index is -2.04. The third-order valence-electron chi connectivity index (χ3n) is 10.6. The van der Waals surface area contributed by atoms with Crippen molar-refractivity contribution in [3.63, 3.8) is 0 Å². The number of hydrogen-bond donors (Lipinski definition) is 3. The van der Waals surface area contributed by atoms with Crippen LogP contribution in [0.1, 0.15) is 43.0 Å². The second-order valence-corrected chi connectivity index (χ2v) is 13.7. The van der Waals surface area contributed by atoms with Crippen LogP contribution in [-0.4, -0.2) is 73.8 Å². The highest BCUT2D eigenvalue weighted by atomic mass is 16.6. The Hall–Kier alpha value is -5.44.